The van der Waals surface area contributed by atoms with Crippen molar-refractivity contribution in [3.05, 3.63) is 28.5 Å². The number of hydrogen-bond donors (Lipinski definition) is 1. The van der Waals surface area contributed by atoms with E-state index in [1.165, 1.54) is 37.9 Å². The minimum absolute atomic E-state index is 0.531. The van der Waals surface area contributed by atoms with Crippen LogP contribution in [0.1, 0.15) is 31.4 Å². The molecule has 0 amide bonds. The van der Waals surface area contributed by atoms with Crippen LogP contribution >= 0.6 is 15.9 Å². The fourth-order valence-electron chi connectivity index (χ4n) is 2.14. The lowest BCUT2D eigenvalue weighted by molar-refractivity contribution is 0.449. The van der Waals surface area contributed by atoms with Gasteiger partial charge in [0, 0.05) is 29.0 Å². The summed E-state index contributed by atoms with van der Waals surface area (Å²) < 4.78 is 1.07. The molecule has 2 aliphatic carbocycles. The fraction of sp³-hybridized carbons (Fsp3) is 0.615. The average Bonchev–Trinajstić information content (AvgIpc) is 3.14. The predicted molar refractivity (Wildman–Crippen MR) is 68.3 cm³/mol. The van der Waals surface area contributed by atoms with Gasteiger partial charge in [-0.25, -0.2) is 0 Å². The van der Waals surface area contributed by atoms with E-state index in [1.54, 1.807) is 0 Å². The second-order valence-corrected chi connectivity index (χ2v) is 6.22. The van der Waals surface area contributed by atoms with E-state index in [0.717, 1.165) is 16.9 Å². The molecule has 2 fully saturated rings. The van der Waals surface area contributed by atoms with E-state index in [4.69, 9.17) is 0 Å². The van der Waals surface area contributed by atoms with Crippen LogP contribution in [-0.2, 0) is 6.42 Å². The molecule has 3 rings (SSSR count). The summed E-state index contributed by atoms with van der Waals surface area (Å²) in [6.45, 7) is 1.19. The van der Waals surface area contributed by atoms with Crippen LogP contribution in [-0.4, -0.2) is 17.6 Å². The Bertz CT molecular complexity index is 366. The Morgan fingerprint density at radius 2 is 2.19 bits per heavy atom. The van der Waals surface area contributed by atoms with Crippen molar-refractivity contribution in [2.75, 3.05) is 6.54 Å². The normalized spacial score (nSPS) is 22.1. The van der Waals surface area contributed by atoms with Gasteiger partial charge in [-0.05, 0) is 65.6 Å². The van der Waals surface area contributed by atoms with Crippen molar-refractivity contribution in [1.82, 2.24) is 10.3 Å². The van der Waals surface area contributed by atoms with Crippen LogP contribution in [0.5, 0.6) is 0 Å². The molecule has 2 nitrogen and oxygen atoms in total. The third-order valence-corrected chi connectivity index (χ3v) is 4.11. The Morgan fingerprint density at radius 3 is 2.75 bits per heavy atom. The minimum Gasteiger partial charge on any atom is -0.313 e. The van der Waals surface area contributed by atoms with Crippen molar-refractivity contribution in [1.29, 1.82) is 0 Å². The molecule has 1 aromatic rings. The third-order valence-electron chi connectivity index (χ3n) is 3.64. The average molecular weight is 281 g/mol. The molecule has 0 unspecified atom stereocenters. The topological polar surface area (TPSA) is 24.9 Å². The van der Waals surface area contributed by atoms with Gasteiger partial charge < -0.3 is 5.32 Å². The maximum Gasteiger partial charge on any atom is 0.0413 e. The first kappa shape index (κ1) is 10.7. The highest BCUT2D eigenvalue weighted by atomic mass is 79.9. The minimum atomic E-state index is 0.531. The van der Waals surface area contributed by atoms with E-state index in [-0.39, 0.29) is 0 Å². The predicted octanol–water partition coefficient (Wildman–Crippen LogP) is 2.92. The van der Waals surface area contributed by atoms with Gasteiger partial charge in [0.25, 0.3) is 0 Å². The zero-order valence-corrected chi connectivity index (χ0v) is 11.0. The first-order chi connectivity index (χ1) is 7.76. The third kappa shape index (κ3) is 2.64. The van der Waals surface area contributed by atoms with E-state index in [2.05, 4.69) is 38.4 Å². The van der Waals surface area contributed by atoms with Gasteiger partial charge in [-0.2, -0.15) is 0 Å². The van der Waals surface area contributed by atoms with Crippen molar-refractivity contribution in [2.24, 2.45) is 5.41 Å². The zero-order valence-electron chi connectivity index (χ0n) is 9.38. The van der Waals surface area contributed by atoms with Gasteiger partial charge in [0.15, 0.2) is 0 Å². The molecule has 0 saturated heterocycles. The number of nitrogens with zero attached hydrogens (tertiary/aromatic N) is 1. The Hall–Kier alpha value is -0.410. The van der Waals surface area contributed by atoms with Gasteiger partial charge in [0.05, 0.1) is 0 Å². The molecule has 1 aromatic heterocycles. The second kappa shape index (κ2) is 4.11. The number of nitrogens with one attached hydrogen (secondary N) is 1. The van der Waals surface area contributed by atoms with Crippen LogP contribution in [0.3, 0.4) is 0 Å². The SMILES string of the molecule is Brc1ccc(CC2(CNC3CC3)CC2)nc1. The first-order valence-corrected chi connectivity index (χ1v) is 6.89. The summed E-state index contributed by atoms with van der Waals surface area (Å²) >= 11 is 3.42. The van der Waals surface area contributed by atoms with Crippen LogP contribution in [0.15, 0.2) is 22.8 Å². The molecule has 2 aliphatic rings. The van der Waals surface area contributed by atoms with Crippen molar-refractivity contribution >= 4 is 15.9 Å². The maximum atomic E-state index is 4.47. The molecule has 0 atom stereocenters. The fourth-order valence-corrected chi connectivity index (χ4v) is 2.37. The van der Waals surface area contributed by atoms with Gasteiger partial charge in [-0.1, -0.05) is 0 Å². The summed E-state index contributed by atoms with van der Waals surface area (Å²) in [4.78, 5) is 4.47. The van der Waals surface area contributed by atoms with E-state index >= 15 is 0 Å². The van der Waals surface area contributed by atoms with Crippen LogP contribution < -0.4 is 5.32 Å². The largest absolute Gasteiger partial charge is 0.313 e. The molecule has 0 bridgehead atoms. The summed E-state index contributed by atoms with van der Waals surface area (Å²) in [7, 11) is 0. The van der Waals surface area contributed by atoms with Gasteiger partial charge in [-0.15, -0.1) is 0 Å². The smallest absolute Gasteiger partial charge is 0.0413 e. The standard InChI is InChI=1S/C13H17BrN2/c14-10-1-2-12(15-8-10)7-13(5-6-13)9-16-11-3-4-11/h1-2,8,11,16H,3-7,9H2. The Kier molecular flexibility index (Phi) is 2.76. The van der Waals surface area contributed by atoms with E-state index in [0.29, 0.717) is 5.41 Å². The molecule has 3 heteroatoms. The molecule has 0 aliphatic heterocycles. The number of aromatic nitrogens is 1. The van der Waals surface area contributed by atoms with Gasteiger partial charge >= 0.3 is 0 Å². The monoisotopic (exact) mass is 280 g/mol. The number of rotatable bonds is 5. The number of hydrogen-bond acceptors (Lipinski definition) is 2. The van der Waals surface area contributed by atoms with Crippen molar-refractivity contribution in [3.8, 4) is 0 Å². The number of halogens is 1. The van der Waals surface area contributed by atoms with Crippen molar-refractivity contribution in [2.45, 2.75) is 38.1 Å². The van der Waals surface area contributed by atoms with Gasteiger partial charge in [0.2, 0.25) is 0 Å². The zero-order chi connectivity index (χ0) is 11.0. The first-order valence-electron chi connectivity index (χ1n) is 6.10. The van der Waals surface area contributed by atoms with Crippen LogP contribution in [0.4, 0.5) is 0 Å². The molecule has 0 spiro atoms. The van der Waals surface area contributed by atoms with E-state index in [9.17, 15) is 0 Å². The Labute approximate surface area is 105 Å². The highest BCUT2D eigenvalue weighted by Gasteiger charge is 2.43. The molecule has 0 radical (unpaired) electrons. The molecular weight excluding hydrogens is 264 g/mol. The van der Waals surface area contributed by atoms with Gasteiger partial charge in [0.1, 0.15) is 0 Å². The van der Waals surface area contributed by atoms with Crippen LogP contribution in [0.2, 0.25) is 0 Å². The maximum absolute atomic E-state index is 4.47. The lowest BCUT2D eigenvalue weighted by Gasteiger charge is -2.15. The number of pyridine rings is 1. The Morgan fingerprint density at radius 1 is 1.38 bits per heavy atom. The second-order valence-electron chi connectivity index (χ2n) is 5.30. The summed E-state index contributed by atoms with van der Waals surface area (Å²) in [5, 5.41) is 3.65. The molecule has 16 heavy (non-hydrogen) atoms. The molecular formula is C13H17BrN2. The van der Waals surface area contributed by atoms with E-state index < -0.39 is 0 Å². The van der Waals surface area contributed by atoms with Gasteiger partial charge in [-0.3, -0.25) is 4.98 Å². The van der Waals surface area contributed by atoms with E-state index in [1.807, 2.05) is 6.20 Å². The summed E-state index contributed by atoms with van der Waals surface area (Å²) in [6.07, 6.45) is 8.54. The lowest BCUT2D eigenvalue weighted by Crippen LogP contribution is -2.27. The molecule has 0 aromatic carbocycles. The van der Waals surface area contributed by atoms with Crippen LogP contribution in [0.25, 0.3) is 0 Å². The molecule has 2 saturated carbocycles. The Balaban J connectivity index is 1.58. The van der Waals surface area contributed by atoms with Crippen molar-refractivity contribution in [3.63, 3.8) is 0 Å². The molecule has 1 heterocycles. The van der Waals surface area contributed by atoms with Crippen LogP contribution in [0, 0.1) is 5.41 Å². The lowest BCUT2D eigenvalue weighted by atomic mass is 10.00. The summed E-state index contributed by atoms with van der Waals surface area (Å²) in [5.74, 6) is 0. The highest BCUT2D eigenvalue weighted by Crippen LogP contribution is 2.48. The highest BCUT2D eigenvalue weighted by molar-refractivity contribution is 9.10. The summed E-state index contributed by atoms with van der Waals surface area (Å²) in [6, 6.07) is 5.06. The quantitative estimate of drug-likeness (QED) is 0.897. The van der Waals surface area contributed by atoms with Crippen molar-refractivity contribution < 1.29 is 0 Å². The summed E-state index contributed by atoms with van der Waals surface area (Å²) in [5.41, 5.74) is 1.77. The molecule has 1 N–H and O–H groups in total. The molecule has 86 valence electrons.